The van der Waals surface area contributed by atoms with E-state index in [1.165, 1.54) is 0 Å². The van der Waals surface area contributed by atoms with Crippen molar-refractivity contribution in [1.82, 2.24) is 25.9 Å². The van der Waals surface area contributed by atoms with E-state index in [9.17, 15) is 9.90 Å². The Kier molecular flexibility index (Phi) is 3.01. The maximum atomic E-state index is 11.3. The van der Waals surface area contributed by atoms with Crippen LogP contribution in [0.2, 0.25) is 0 Å². The molecule has 1 aliphatic carbocycles. The van der Waals surface area contributed by atoms with Gasteiger partial charge in [-0.2, -0.15) is 5.21 Å². The van der Waals surface area contributed by atoms with Gasteiger partial charge in [-0.3, -0.25) is 4.79 Å². The molecule has 3 rings (SSSR count). The van der Waals surface area contributed by atoms with E-state index in [0.29, 0.717) is 18.9 Å². The lowest BCUT2D eigenvalue weighted by molar-refractivity contribution is -0.141. The van der Waals surface area contributed by atoms with Crippen molar-refractivity contribution < 1.29 is 14.0 Å². The molecule has 0 amide bonds. The van der Waals surface area contributed by atoms with Crippen LogP contribution >= 0.6 is 0 Å². The van der Waals surface area contributed by atoms with Gasteiger partial charge in [0, 0.05) is 9.11 Å². The van der Waals surface area contributed by atoms with Crippen molar-refractivity contribution in [2.45, 2.75) is 44.5 Å². The largest absolute Gasteiger partial charge is 0.480 e. The number of fused-ring (bicyclic) bond motifs is 1. The van der Waals surface area contributed by atoms with Crippen LogP contribution in [-0.4, -0.2) is 44.3 Å². The Morgan fingerprint density at radius 3 is 3.10 bits per heavy atom. The number of carboxylic acids is 1. The van der Waals surface area contributed by atoms with Crippen molar-refractivity contribution in [1.29, 1.82) is 0 Å². The molecular weight excluding hydrogens is 258 g/mol. The van der Waals surface area contributed by atoms with Crippen molar-refractivity contribution in [2.75, 3.05) is 6.54 Å². The number of nitrogens with zero attached hydrogens (tertiary/aromatic N) is 3. The monoisotopic (exact) mass is 282 g/mol. The molecular formula is C13H21N5O2. The van der Waals surface area contributed by atoms with Crippen molar-refractivity contribution in [3.8, 4) is 0 Å². The van der Waals surface area contributed by atoms with Gasteiger partial charge < -0.3 is 10.4 Å². The fourth-order valence-corrected chi connectivity index (χ4v) is 3.35. The van der Waals surface area contributed by atoms with Gasteiger partial charge in [0.05, 0.1) is 1.37 Å². The Hall–Kier alpha value is -1.50. The number of nitrogens with one attached hydrogen (secondary N) is 2. The molecule has 1 saturated carbocycles. The standard InChI is InChI=1S/C13H21N5O2/c19-13(20)11-6-10-5-8(1-3-9(10)7-14-11)2-4-12-15-17-18-16-12/h8-11,14H,1-7H2,(H,19,20)(H,15,16,17,18)/t8-,9+,10-,11+/m1/s1/i4D2,11D. The third-order valence-corrected chi connectivity index (χ3v) is 4.44. The van der Waals surface area contributed by atoms with Crippen LogP contribution < -0.4 is 5.32 Å². The van der Waals surface area contributed by atoms with Gasteiger partial charge >= 0.3 is 5.97 Å². The summed E-state index contributed by atoms with van der Waals surface area (Å²) in [7, 11) is 0. The van der Waals surface area contributed by atoms with Gasteiger partial charge in [0.25, 0.3) is 0 Å². The SMILES string of the molecule is [2H]C([2H])(C[C@H]1CC[C@H]2CN[C@]([2H])(C(=O)O)C[C@H]2C1)c1nn[nH]n1. The Bertz CT molecular complexity index is 570. The number of aliphatic carboxylic acids is 1. The molecule has 7 heteroatoms. The van der Waals surface area contributed by atoms with Crippen LogP contribution in [0.4, 0.5) is 0 Å². The summed E-state index contributed by atoms with van der Waals surface area (Å²) < 4.78 is 24.3. The maximum Gasteiger partial charge on any atom is 0.320 e. The number of H-pyrrole nitrogens is 1. The number of tetrazole rings is 1. The number of rotatable bonds is 4. The second-order valence-electron chi connectivity index (χ2n) is 5.68. The number of aromatic amines is 1. The van der Waals surface area contributed by atoms with Crippen molar-refractivity contribution in [3.63, 3.8) is 0 Å². The third-order valence-electron chi connectivity index (χ3n) is 4.44. The first kappa shape index (κ1) is 10.3. The molecule has 0 aromatic carbocycles. The highest BCUT2D eigenvalue weighted by atomic mass is 16.4. The van der Waals surface area contributed by atoms with Crippen molar-refractivity contribution in [2.24, 2.45) is 17.8 Å². The van der Waals surface area contributed by atoms with Crippen LogP contribution in [-0.2, 0) is 11.2 Å². The average molecular weight is 282 g/mol. The number of carbonyl (C=O) groups is 1. The lowest BCUT2D eigenvalue weighted by Crippen LogP contribution is -2.49. The van der Waals surface area contributed by atoms with E-state index in [2.05, 4.69) is 25.9 Å². The highest BCUT2D eigenvalue weighted by Crippen LogP contribution is 2.40. The Balaban J connectivity index is 1.65. The molecule has 110 valence electrons. The maximum absolute atomic E-state index is 11.3. The molecule has 1 aromatic heterocycles. The van der Waals surface area contributed by atoms with E-state index in [1.807, 2.05) is 0 Å². The van der Waals surface area contributed by atoms with E-state index in [1.54, 1.807) is 0 Å². The van der Waals surface area contributed by atoms with E-state index in [-0.39, 0.29) is 24.1 Å². The lowest BCUT2D eigenvalue weighted by atomic mass is 9.69. The summed E-state index contributed by atoms with van der Waals surface area (Å²) in [5, 5.41) is 25.2. The molecule has 1 aliphatic heterocycles. The summed E-state index contributed by atoms with van der Waals surface area (Å²) in [6.45, 7) is 0.547. The van der Waals surface area contributed by atoms with Crippen LogP contribution in [0.15, 0.2) is 0 Å². The molecule has 0 radical (unpaired) electrons. The third kappa shape index (κ3) is 2.98. The van der Waals surface area contributed by atoms with E-state index in [4.69, 9.17) is 4.11 Å². The Labute approximate surface area is 121 Å². The topological polar surface area (TPSA) is 104 Å². The van der Waals surface area contributed by atoms with E-state index >= 15 is 0 Å². The molecule has 3 N–H and O–H groups in total. The number of hydrogen-bond donors (Lipinski definition) is 3. The zero-order valence-electron chi connectivity index (χ0n) is 14.2. The molecule has 0 spiro atoms. The summed E-state index contributed by atoms with van der Waals surface area (Å²) >= 11 is 0. The first-order valence-corrected chi connectivity index (χ1v) is 7.02. The van der Waals surface area contributed by atoms with Gasteiger partial charge in [-0.25, -0.2) is 0 Å². The Morgan fingerprint density at radius 2 is 2.35 bits per heavy atom. The molecule has 2 heterocycles. The molecule has 4 atom stereocenters. The highest BCUT2D eigenvalue weighted by Gasteiger charge is 2.37. The van der Waals surface area contributed by atoms with Crippen LogP contribution in [0, 0.1) is 17.8 Å². The molecule has 2 aliphatic rings. The average Bonchev–Trinajstić information content (AvgIpc) is 3.01. The fraction of sp³-hybridized carbons (Fsp3) is 0.846. The predicted octanol–water partition coefficient (Wildman–Crippen LogP) is 0.611. The summed E-state index contributed by atoms with van der Waals surface area (Å²) in [5.74, 6) is -0.420. The number of hydrogen-bond acceptors (Lipinski definition) is 5. The van der Waals surface area contributed by atoms with Gasteiger partial charge in [0.1, 0.15) is 6.02 Å². The first-order valence-electron chi connectivity index (χ1n) is 8.52. The van der Waals surface area contributed by atoms with Crippen molar-refractivity contribution in [3.05, 3.63) is 5.82 Å². The molecule has 1 saturated heterocycles. The minimum absolute atomic E-state index is 0.0605. The summed E-state index contributed by atoms with van der Waals surface area (Å²) in [5.41, 5.74) is 0. The zero-order valence-corrected chi connectivity index (χ0v) is 11.2. The minimum atomic E-state index is -1.65. The number of aromatic nitrogens is 4. The fourth-order valence-electron chi connectivity index (χ4n) is 3.35. The summed E-state index contributed by atoms with van der Waals surface area (Å²) in [6, 6.07) is -1.62. The molecule has 0 bridgehead atoms. The number of piperidine rings is 1. The number of aryl methyl sites for hydroxylation is 1. The predicted molar refractivity (Wildman–Crippen MR) is 70.9 cm³/mol. The van der Waals surface area contributed by atoms with Gasteiger partial charge in [-0.15, -0.1) is 10.2 Å². The summed E-state index contributed by atoms with van der Waals surface area (Å²) in [6.07, 6.45) is 1.49. The quantitative estimate of drug-likeness (QED) is 0.747. The summed E-state index contributed by atoms with van der Waals surface area (Å²) in [4.78, 5) is 11.3. The highest BCUT2D eigenvalue weighted by molar-refractivity contribution is 5.73. The van der Waals surface area contributed by atoms with Gasteiger partial charge in [-0.05, 0) is 50.0 Å². The zero-order chi connectivity index (χ0) is 16.7. The second-order valence-corrected chi connectivity index (χ2v) is 5.68. The van der Waals surface area contributed by atoms with Crippen LogP contribution in [0.25, 0.3) is 0 Å². The molecule has 20 heavy (non-hydrogen) atoms. The lowest BCUT2D eigenvalue weighted by Gasteiger charge is -2.41. The smallest absolute Gasteiger partial charge is 0.320 e. The van der Waals surface area contributed by atoms with Crippen LogP contribution in [0.5, 0.6) is 0 Å². The molecule has 1 aromatic rings. The van der Waals surface area contributed by atoms with E-state index in [0.717, 1.165) is 19.3 Å². The molecule has 2 fully saturated rings. The van der Waals surface area contributed by atoms with Gasteiger partial charge in [0.2, 0.25) is 0 Å². The van der Waals surface area contributed by atoms with Crippen LogP contribution in [0.1, 0.15) is 42.0 Å². The molecule has 0 unspecified atom stereocenters. The van der Waals surface area contributed by atoms with Crippen molar-refractivity contribution >= 4 is 5.97 Å². The minimum Gasteiger partial charge on any atom is -0.480 e. The normalized spacial score (nSPS) is 40.2. The second kappa shape index (κ2) is 5.87. The number of carboxylic acid groups (broad SMARTS) is 1. The Morgan fingerprint density at radius 1 is 1.45 bits per heavy atom. The van der Waals surface area contributed by atoms with Gasteiger partial charge in [-0.1, -0.05) is 11.6 Å². The van der Waals surface area contributed by atoms with E-state index < -0.39 is 18.4 Å². The van der Waals surface area contributed by atoms with Gasteiger partial charge in [0.15, 0.2) is 5.82 Å². The molecule has 7 nitrogen and oxygen atoms in total. The van der Waals surface area contributed by atoms with Crippen LogP contribution in [0.3, 0.4) is 0 Å². The first-order chi connectivity index (χ1) is 10.8.